The predicted octanol–water partition coefficient (Wildman–Crippen LogP) is 1.68. The van der Waals surface area contributed by atoms with E-state index < -0.39 is 0 Å². The van der Waals surface area contributed by atoms with Gasteiger partial charge in [-0.1, -0.05) is 13.8 Å². The Morgan fingerprint density at radius 3 is 2.56 bits per heavy atom. The summed E-state index contributed by atoms with van der Waals surface area (Å²) < 4.78 is 0. The molecule has 1 saturated carbocycles. The van der Waals surface area contributed by atoms with E-state index in [9.17, 15) is 4.79 Å². The molecular weight excluding hydrogens is 200 g/mol. The fourth-order valence-corrected chi connectivity index (χ4v) is 2.93. The van der Waals surface area contributed by atoms with Crippen molar-refractivity contribution in [2.45, 2.75) is 52.5 Å². The van der Waals surface area contributed by atoms with Gasteiger partial charge < -0.3 is 10.6 Å². The highest BCUT2D eigenvalue weighted by Gasteiger charge is 2.39. The molecule has 2 atom stereocenters. The van der Waals surface area contributed by atoms with Crippen molar-refractivity contribution in [1.82, 2.24) is 10.6 Å². The summed E-state index contributed by atoms with van der Waals surface area (Å²) >= 11 is 0. The van der Waals surface area contributed by atoms with Crippen molar-refractivity contribution in [2.75, 3.05) is 13.1 Å². The Bertz CT molecular complexity index is 280. The van der Waals surface area contributed by atoms with Crippen molar-refractivity contribution >= 4 is 5.91 Å². The number of carbonyl (C=O) groups excluding carboxylic acids is 1. The molecule has 16 heavy (non-hydrogen) atoms. The van der Waals surface area contributed by atoms with Gasteiger partial charge >= 0.3 is 0 Å². The van der Waals surface area contributed by atoms with Crippen LogP contribution in [0.3, 0.4) is 0 Å². The van der Waals surface area contributed by atoms with Crippen LogP contribution in [0.25, 0.3) is 0 Å². The van der Waals surface area contributed by atoms with Crippen molar-refractivity contribution in [2.24, 2.45) is 10.8 Å². The highest BCUT2D eigenvalue weighted by atomic mass is 16.2. The maximum absolute atomic E-state index is 12.2. The van der Waals surface area contributed by atoms with E-state index in [4.69, 9.17) is 0 Å². The summed E-state index contributed by atoms with van der Waals surface area (Å²) in [6.07, 6.45) is 4.46. The normalized spacial score (nSPS) is 37.6. The first-order chi connectivity index (χ1) is 7.41. The van der Waals surface area contributed by atoms with E-state index in [1.54, 1.807) is 0 Å². The first-order valence-electron chi connectivity index (χ1n) is 6.43. The third-order valence-corrected chi connectivity index (χ3v) is 4.22. The van der Waals surface area contributed by atoms with Gasteiger partial charge in [0.15, 0.2) is 0 Å². The molecule has 1 aliphatic heterocycles. The van der Waals surface area contributed by atoms with Gasteiger partial charge in [-0.15, -0.1) is 0 Å². The molecule has 0 aromatic rings. The van der Waals surface area contributed by atoms with Crippen molar-refractivity contribution in [3.63, 3.8) is 0 Å². The molecule has 0 spiro atoms. The SMILES string of the molecule is CC1(C)CCC(NC(=O)C2(C)CCNC2)C1. The van der Waals surface area contributed by atoms with Gasteiger partial charge in [0.25, 0.3) is 0 Å². The minimum atomic E-state index is -0.174. The highest BCUT2D eigenvalue weighted by molar-refractivity contribution is 5.83. The Labute approximate surface area is 98.4 Å². The van der Waals surface area contributed by atoms with Crippen molar-refractivity contribution in [1.29, 1.82) is 0 Å². The van der Waals surface area contributed by atoms with Crippen LogP contribution in [-0.4, -0.2) is 25.0 Å². The Morgan fingerprint density at radius 2 is 2.06 bits per heavy atom. The van der Waals surface area contributed by atoms with Crippen LogP contribution in [0.5, 0.6) is 0 Å². The lowest BCUT2D eigenvalue weighted by Gasteiger charge is -2.25. The molecule has 2 rings (SSSR count). The number of hydrogen-bond acceptors (Lipinski definition) is 2. The van der Waals surface area contributed by atoms with Gasteiger partial charge in [0, 0.05) is 12.6 Å². The maximum Gasteiger partial charge on any atom is 0.227 e. The smallest absolute Gasteiger partial charge is 0.227 e. The van der Waals surface area contributed by atoms with Gasteiger partial charge in [-0.05, 0) is 44.6 Å². The summed E-state index contributed by atoms with van der Waals surface area (Å²) in [7, 11) is 0. The molecule has 1 amide bonds. The number of carbonyl (C=O) groups is 1. The van der Waals surface area contributed by atoms with Crippen LogP contribution < -0.4 is 10.6 Å². The van der Waals surface area contributed by atoms with Crippen LogP contribution in [0.1, 0.15) is 46.5 Å². The molecule has 92 valence electrons. The zero-order valence-electron chi connectivity index (χ0n) is 10.7. The van der Waals surface area contributed by atoms with Gasteiger partial charge in [-0.25, -0.2) is 0 Å². The number of hydrogen-bond donors (Lipinski definition) is 2. The molecular formula is C13H24N2O. The topological polar surface area (TPSA) is 41.1 Å². The first-order valence-corrected chi connectivity index (χ1v) is 6.43. The quantitative estimate of drug-likeness (QED) is 0.749. The van der Waals surface area contributed by atoms with E-state index in [2.05, 4.69) is 31.4 Å². The molecule has 0 aromatic carbocycles. The molecule has 3 nitrogen and oxygen atoms in total. The standard InChI is InChI=1S/C13H24N2O/c1-12(2)5-4-10(8-12)15-11(16)13(3)6-7-14-9-13/h10,14H,4-9H2,1-3H3,(H,15,16). The van der Waals surface area contributed by atoms with Crippen LogP contribution in [0.15, 0.2) is 0 Å². The summed E-state index contributed by atoms with van der Waals surface area (Å²) in [4.78, 5) is 12.2. The molecule has 3 heteroatoms. The molecule has 2 unspecified atom stereocenters. The summed E-state index contributed by atoms with van der Waals surface area (Å²) in [5, 5.41) is 6.51. The predicted molar refractivity (Wildman–Crippen MR) is 65.2 cm³/mol. The summed E-state index contributed by atoms with van der Waals surface area (Å²) in [5.74, 6) is 0.250. The molecule has 0 radical (unpaired) electrons. The van der Waals surface area contributed by atoms with Gasteiger partial charge in [-0.2, -0.15) is 0 Å². The zero-order valence-corrected chi connectivity index (χ0v) is 10.7. The molecule has 0 aromatic heterocycles. The first kappa shape index (κ1) is 11.9. The average Bonchev–Trinajstić information content (AvgIpc) is 2.74. The van der Waals surface area contributed by atoms with Gasteiger partial charge in [0.05, 0.1) is 5.41 Å². The van der Waals surface area contributed by atoms with Crippen molar-refractivity contribution in [3.05, 3.63) is 0 Å². The Balaban J connectivity index is 1.88. The molecule has 1 heterocycles. The molecule has 2 aliphatic rings. The number of nitrogens with one attached hydrogen (secondary N) is 2. The minimum absolute atomic E-state index is 0.174. The average molecular weight is 224 g/mol. The minimum Gasteiger partial charge on any atom is -0.353 e. The lowest BCUT2D eigenvalue weighted by molar-refractivity contribution is -0.130. The van der Waals surface area contributed by atoms with Crippen molar-refractivity contribution in [3.8, 4) is 0 Å². The second-order valence-electron chi connectivity index (χ2n) is 6.56. The summed E-state index contributed by atoms with van der Waals surface area (Å²) in [6.45, 7) is 8.45. The van der Waals surface area contributed by atoms with Crippen molar-refractivity contribution < 1.29 is 4.79 Å². The molecule has 2 fully saturated rings. The highest BCUT2D eigenvalue weighted by Crippen LogP contribution is 2.37. The third-order valence-electron chi connectivity index (χ3n) is 4.22. The number of rotatable bonds is 2. The van der Waals surface area contributed by atoms with E-state index in [1.165, 1.54) is 6.42 Å². The van der Waals surface area contributed by atoms with E-state index in [0.29, 0.717) is 11.5 Å². The largest absolute Gasteiger partial charge is 0.353 e. The van der Waals surface area contributed by atoms with Gasteiger partial charge in [0.1, 0.15) is 0 Å². The van der Waals surface area contributed by atoms with Crippen LogP contribution in [0.2, 0.25) is 0 Å². The second kappa shape index (κ2) is 4.02. The maximum atomic E-state index is 12.2. The van der Waals surface area contributed by atoms with E-state index in [1.807, 2.05) is 0 Å². The van der Waals surface area contributed by atoms with Gasteiger partial charge in [0.2, 0.25) is 5.91 Å². The van der Waals surface area contributed by atoms with Crippen LogP contribution in [0.4, 0.5) is 0 Å². The van der Waals surface area contributed by atoms with E-state index >= 15 is 0 Å². The molecule has 0 bridgehead atoms. The second-order valence-corrected chi connectivity index (χ2v) is 6.56. The summed E-state index contributed by atoms with van der Waals surface area (Å²) in [6, 6.07) is 0.403. The van der Waals surface area contributed by atoms with E-state index in [-0.39, 0.29) is 11.3 Å². The Hall–Kier alpha value is -0.570. The lowest BCUT2D eigenvalue weighted by Crippen LogP contribution is -2.44. The van der Waals surface area contributed by atoms with Crippen LogP contribution in [0, 0.1) is 10.8 Å². The molecule has 1 saturated heterocycles. The fourth-order valence-electron chi connectivity index (χ4n) is 2.93. The molecule has 1 aliphatic carbocycles. The Kier molecular flexibility index (Phi) is 2.99. The van der Waals surface area contributed by atoms with Gasteiger partial charge in [-0.3, -0.25) is 4.79 Å². The number of amides is 1. The zero-order chi connectivity index (χ0) is 11.8. The van der Waals surface area contributed by atoms with Crippen LogP contribution >= 0.6 is 0 Å². The van der Waals surface area contributed by atoms with Crippen LogP contribution in [-0.2, 0) is 4.79 Å². The Morgan fingerprint density at radius 1 is 1.31 bits per heavy atom. The monoisotopic (exact) mass is 224 g/mol. The third kappa shape index (κ3) is 2.40. The lowest BCUT2D eigenvalue weighted by atomic mass is 9.88. The van der Waals surface area contributed by atoms with E-state index in [0.717, 1.165) is 32.4 Å². The molecule has 2 N–H and O–H groups in total. The summed E-state index contributed by atoms with van der Waals surface area (Å²) in [5.41, 5.74) is 0.236. The fraction of sp³-hybridized carbons (Fsp3) is 0.923.